The molecular weight excluding hydrogens is 368 g/mol. The zero-order valence-corrected chi connectivity index (χ0v) is 16.0. The summed E-state index contributed by atoms with van der Waals surface area (Å²) >= 11 is 1.54. The predicted octanol–water partition coefficient (Wildman–Crippen LogP) is 3.08. The minimum Gasteiger partial charge on any atom is -0.488 e. The third-order valence-corrected chi connectivity index (χ3v) is 5.52. The molecule has 1 aromatic carbocycles. The second-order valence-electron chi connectivity index (χ2n) is 6.34. The molecule has 0 N–H and O–H groups in total. The summed E-state index contributed by atoms with van der Waals surface area (Å²) in [5.41, 5.74) is 3.80. The number of furan rings is 1. The van der Waals surface area contributed by atoms with Crippen molar-refractivity contribution in [1.82, 2.24) is 9.88 Å². The molecule has 1 atom stereocenters. The average Bonchev–Trinajstić information content (AvgIpc) is 3.26. The van der Waals surface area contributed by atoms with E-state index in [2.05, 4.69) is 4.98 Å². The summed E-state index contributed by atoms with van der Waals surface area (Å²) < 4.78 is 16.3. The smallest absolute Gasteiger partial charge is 0.330 e. The fourth-order valence-corrected chi connectivity index (χ4v) is 3.70. The Morgan fingerprint density at radius 2 is 2.19 bits per heavy atom. The summed E-state index contributed by atoms with van der Waals surface area (Å²) in [6.45, 7) is 4.46. The SMILES string of the molecule is COC(=O)C1CN1C(=O)c1c(C)oc2ccc(OCc3scnc3C)cc12. The van der Waals surface area contributed by atoms with Crippen LogP contribution in [0.25, 0.3) is 11.0 Å². The van der Waals surface area contributed by atoms with Gasteiger partial charge in [-0.25, -0.2) is 9.78 Å². The zero-order chi connectivity index (χ0) is 19.1. The van der Waals surface area contributed by atoms with Crippen LogP contribution in [0.2, 0.25) is 0 Å². The molecule has 2 aromatic heterocycles. The first-order chi connectivity index (χ1) is 13.0. The molecule has 1 aliphatic heterocycles. The van der Waals surface area contributed by atoms with Crippen LogP contribution < -0.4 is 4.74 Å². The Labute approximate surface area is 159 Å². The van der Waals surface area contributed by atoms with E-state index in [0.29, 0.717) is 41.2 Å². The van der Waals surface area contributed by atoms with Gasteiger partial charge in [0.2, 0.25) is 0 Å². The maximum absolute atomic E-state index is 12.8. The lowest BCUT2D eigenvalue weighted by molar-refractivity contribution is -0.140. The van der Waals surface area contributed by atoms with Crippen LogP contribution in [0.5, 0.6) is 5.75 Å². The minimum atomic E-state index is -0.513. The minimum absolute atomic E-state index is 0.239. The van der Waals surface area contributed by atoms with Crippen molar-refractivity contribution in [3.05, 3.63) is 45.6 Å². The first-order valence-electron chi connectivity index (χ1n) is 8.43. The van der Waals surface area contributed by atoms with E-state index in [-0.39, 0.29) is 5.91 Å². The van der Waals surface area contributed by atoms with Crippen LogP contribution in [0.4, 0.5) is 0 Å². The van der Waals surface area contributed by atoms with Gasteiger partial charge in [0.1, 0.15) is 29.7 Å². The van der Waals surface area contributed by atoms with Crippen LogP contribution in [0.3, 0.4) is 0 Å². The summed E-state index contributed by atoms with van der Waals surface area (Å²) in [6.07, 6.45) is 0. The molecule has 27 heavy (non-hydrogen) atoms. The maximum Gasteiger partial charge on any atom is 0.330 e. The number of amides is 1. The van der Waals surface area contributed by atoms with E-state index in [9.17, 15) is 9.59 Å². The monoisotopic (exact) mass is 386 g/mol. The summed E-state index contributed by atoms with van der Waals surface area (Å²) in [6, 6.07) is 4.88. The molecule has 0 saturated carbocycles. The Hall–Kier alpha value is -2.87. The average molecular weight is 386 g/mol. The van der Waals surface area contributed by atoms with Crippen molar-refractivity contribution in [2.75, 3.05) is 13.7 Å². The van der Waals surface area contributed by atoms with Crippen LogP contribution in [-0.4, -0.2) is 41.5 Å². The number of carbonyl (C=O) groups is 2. The number of aromatic nitrogens is 1. The van der Waals surface area contributed by atoms with Crippen LogP contribution in [0.1, 0.15) is 26.7 Å². The zero-order valence-electron chi connectivity index (χ0n) is 15.1. The number of ether oxygens (including phenoxy) is 2. The number of benzene rings is 1. The molecule has 0 bridgehead atoms. The van der Waals surface area contributed by atoms with Crippen LogP contribution in [-0.2, 0) is 16.1 Å². The molecular formula is C19H18N2O5S. The van der Waals surface area contributed by atoms with Crippen molar-refractivity contribution in [2.24, 2.45) is 0 Å². The Morgan fingerprint density at radius 3 is 2.89 bits per heavy atom. The van der Waals surface area contributed by atoms with Gasteiger partial charge in [-0.15, -0.1) is 11.3 Å². The van der Waals surface area contributed by atoms with Crippen LogP contribution in [0, 0.1) is 13.8 Å². The van der Waals surface area contributed by atoms with E-state index in [4.69, 9.17) is 13.9 Å². The fraction of sp³-hybridized carbons (Fsp3) is 0.316. The molecule has 3 heterocycles. The van der Waals surface area contributed by atoms with Crippen molar-refractivity contribution in [2.45, 2.75) is 26.5 Å². The van der Waals surface area contributed by atoms with E-state index >= 15 is 0 Å². The maximum atomic E-state index is 12.8. The number of fused-ring (bicyclic) bond motifs is 1. The van der Waals surface area contributed by atoms with Crippen molar-refractivity contribution < 1.29 is 23.5 Å². The first kappa shape index (κ1) is 17.5. The van der Waals surface area contributed by atoms with E-state index < -0.39 is 12.0 Å². The summed E-state index contributed by atoms with van der Waals surface area (Å²) in [5.74, 6) is 0.510. The van der Waals surface area contributed by atoms with Gasteiger partial charge in [-0.1, -0.05) is 0 Å². The Balaban J connectivity index is 1.59. The van der Waals surface area contributed by atoms with E-state index in [0.717, 1.165) is 10.6 Å². The topological polar surface area (TPSA) is 81.6 Å². The van der Waals surface area contributed by atoms with E-state index in [1.807, 2.05) is 13.0 Å². The molecule has 8 heteroatoms. The van der Waals surface area contributed by atoms with Gasteiger partial charge in [0, 0.05) is 5.39 Å². The molecule has 1 aliphatic rings. The molecule has 1 saturated heterocycles. The molecule has 1 amide bonds. The van der Waals surface area contributed by atoms with Gasteiger partial charge in [0.05, 0.1) is 35.3 Å². The van der Waals surface area contributed by atoms with E-state index in [1.54, 1.807) is 35.9 Å². The van der Waals surface area contributed by atoms with Gasteiger partial charge in [-0.2, -0.15) is 0 Å². The molecule has 140 valence electrons. The largest absolute Gasteiger partial charge is 0.488 e. The van der Waals surface area contributed by atoms with Gasteiger partial charge >= 0.3 is 5.97 Å². The number of methoxy groups -OCH3 is 1. The Kier molecular flexibility index (Phi) is 4.35. The van der Waals surface area contributed by atoms with Crippen molar-refractivity contribution in [3.63, 3.8) is 0 Å². The van der Waals surface area contributed by atoms with Crippen LogP contribution >= 0.6 is 11.3 Å². The Morgan fingerprint density at radius 1 is 1.37 bits per heavy atom. The molecule has 0 spiro atoms. The number of rotatable bonds is 5. The summed E-state index contributed by atoms with van der Waals surface area (Å²) in [4.78, 5) is 31.2. The number of hydrogen-bond donors (Lipinski definition) is 0. The lowest BCUT2D eigenvalue weighted by atomic mass is 10.1. The Bertz CT molecular complexity index is 1040. The second-order valence-corrected chi connectivity index (χ2v) is 7.28. The third-order valence-electron chi connectivity index (χ3n) is 4.61. The van der Waals surface area contributed by atoms with Gasteiger partial charge in [0.25, 0.3) is 5.91 Å². The highest BCUT2D eigenvalue weighted by atomic mass is 32.1. The van der Waals surface area contributed by atoms with Crippen molar-refractivity contribution in [1.29, 1.82) is 0 Å². The first-order valence-corrected chi connectivity index (χ1v) is 9.31. The summed E-state index contributed by atoms with van der Waals surface area (Å²) in [5, 5.41) is 0.673. The lowest BCUT2D eigenvalue weighted by Gasteiger charge is -2.06. The number of nitrogens with zero attached hydrogens (tertiary/aromatic N) is 2. The van der Waals surface area contributed by atoms with E-state index in [1.165, 1.54) is 12.0 Å². The number of carbonyl (C=O) groups excluding carboxylic acids is 2. The second kappa shape index (κ2) is 6.70. The van der Waals surface area contributed by atoms with Gasteiger partial charge in [-0.05, 0) is 32.0 Å². The van der Waals surface area contributed by atoms with Gasteiger partial charge in [0.15, 0.2) is 0 Å². The summed E-state index contributed by atoms with van der Waals surface area (Å²) in [7, 11) is 1.32. The lowest BCUT2D eigenvalue weighted by Crippen LogP contribution is -2.20. The quantitative estimate of drug-likeness (QED) is 0.495. The molecule has 0 aliphatic carbocycles. The van der Waals surface area contributed by atoms with Crippen molar-refractivity contribution in [3.8, 4) is 5.75 Å². The number of hydrogen-bond acceptors (Lipinski definition) is 7. The molecule has 4 rings (SSSR count). The predicted molar refractivity (Wildman–Crippen MR) is 99.0 cm³/mol. The fourth-order valence-electron chi connectivity index (χ4n) is 3.01. The molecule has 7 nitrogen and oxygen atoms in total. The van der Waals surface area contributed by atoms with Gasteiger partial charge < -0.3 is 18.8 Å². The highest BCUT2D eigenvalue weighted by Crippen LogP contribution is 2.33. The molecule has 1 unspecified atom stereocenters. The highest BCUT2D eigenvalue weighted by Gasteiger charge is 2.46. The molecule has 1 fully saturated rings. The van der Waals surface area contributed by atoms with Crippen molar-refractivity contribution >= 4 is 34.2 Å². The highest BCUT2D eigenvalue weighted by molar-refractivity contribution is 7.09. The number of esters is 1. The molecule has 0 radical (unpaired) electrons. The number of thiazole rings is 1. The van der Waals surface area contributed by atoms with Crippen LogP contribution in [0.15, 0.2) is 28.1 Å². The number of aryl methyl sites for hydroxylation is 2. The van der Waals surface area contributed by atoms with Gasteiger partial charge in [-0.3, -0.25) is 4.79 Å². The standard InChI is InChI=1S/C19H18N2O5S/c1-10-16(27-9-20-10)8-25-12-4-5-15-13(6-12)17(11(2)26-15)18(22)21-7-14(21)19(23)24-3/h4-6,9,14H,7-8H2,1-3H3. The normalized spacial score (nSPS) is 15.8. The molecule has 3 aromatic rings. The third kappa shape index (κ3) is 3.16.